The zero-order valence-corrected chi connectivity index (χ0v) is 13.3. The summed E-state index contributed by atoms with van der Waals surface area (Å²) in [7, 11) is -1.18. The number of nitrogens with one attached hydrogen (secondary N) is 1. The second-order valence-electron chi connectivity index (χ2n) is 5.72. The first-order valence-electron chi connectivity index (χ1n) is 6.71. The molecule has 0 aliphatic heterocycles. The number of amides is 1. The second kappa shape index (κ2) is 6.99. The molecule has 20 heavy (non-hydrogen) atoms. The fourth-order valence-corrected chi connectivity index (χ4v) is 2.55. The largest absolute Gasteiger partial charge is 0.391 e. The fraction of sp³-hybridized carbons (Fsp3) is 0.533. The van der Waals surface area contributed by atoms with E-state index in [4.69, 9.17) is 0 Å². The highest BCUT2D eigenvalue weighted by Crippen LogP contribution is 2.19. The molecule has 2 unspecified atom stereocenters. The van der Waals surface area contributed by atoms with Crippen molar-refractivity contribution in [3.63, 3.8) is 0 Å². The molecule has 5 heteroatoms. The lowest BCUT2D eigenvalue weighted by atomic mass is 9.89. The molecule has 0 saturated heterocycles. The number of aliphatic hydroxyl groups is 1. The van der Waals surface area contributed by atoms with Gasteiger partial charge in [0.25, 0.3) is 5.91 Å². The summed E-state index contributed by atoms with van der Waals surface area (Å²) in [5, 5.41) is 12.6. The van der Waals surface area contributed by atoms with Crippen molar-refractivity contribution >= 4 is 16.7 Å². The zero-order chi connectivity index (χ0) is 15.3. The Balaban J connectivity index is 2.81. The van der Waals surface area contributed by atoms with Crippen molar-refractivity contribution in [2.45, 2.75) is 38.7 Å². The Morgan fingerprint density at radius 2 is 1.95 bits per heavy atom. The highest BCUT2D eigenvalue weighted by Gasteiger charge is 2.23. The summed E-state index contributed by atoms with van der Waals surface area (Å²) < 4.78 is 11.9. The SMILES string of the molecule is CCS(=O)c1ccccc1C(=O)NCC(O)C(C)(C)C. The molecule has 0 aliphatic carbocycles. The fourth-order valence-electron chi connectivity index (χ4n) is 1.60. The Hall–Kier alpha value is -1.20. The Kier molecular flexibility index (Phi) is 5.89. The molecule has 0 fully saturated rings. The summed E-state index contributed by atoms with van der Waals surface area (Å²) in [6, 6.07) is 6.87. The lowest BCUT2D eigenvalue weighted by Gasteiger charge is -2.26. The molecule has 0 spiro atoms. The third kappa shape index (κ3) is 4.42. The maximum absolute atomic E-state index is 12.2. The van der Waals surface area contributed by atoms with Crippen molar-refractivity contribution in [1.82, 2.24) is 5.32 Å². The van der Waals surface area contributed by atoms with Crippen LogP contribution in [0.3, 0.4) is 0 Å². The molecule has 1 aromatic carbocycles. The smallest absolute Gasteiger partial charge is 0.252 e. The highest BCUT2D eigenvalue weighted by molar-refractivity contribution is 7.85. The monoisotopic (exact) mass is 297 g/mol. The van der Waals surface area contributed by atoms with Crippen molar-refractivity contribution in [3.05, 3.63) is 29.8 Å². The molecule has 0 saturated carbocycles. The van der Waals surface area contributed by atoms with Gasteiger partial charge < -0.3 is 10.4 Å². The number of hydrogen-bond donors (Lipinski definition) is 2. The van der Waals surface area contributed by atoms with E-state index in [1.807, 2.05) is 27.7 Å². The molecule has 112 valence electrons. The maximum Gasteiger partial charge on any atom is 0.252 e. The zero-order valence-electron chi connectivity index (χ0n) is 12.5. The van der Waals surface area contributed by atoms with Crippen LogP contribution >= 0.6 is 0 Å². The van der Waals surface area contributed by atoms with Gasteiger partial charge in [-0.15, -0.1) is 0 Å². The minimum absolute atomic E-state index is 0.176. The third-order valence-corrected chi connectivity index (χ3v) is 4.47. The number of hydrogen-bond acceptors (Lipinski definition) is 3. The van der Waals surface area contributed by atoms with E-state index in [0.29, 0.717) is 16.2 Å². The average molecular weight is 297 g/mol. The molecule has 0 bridgehead atoms. The summed E-state index contributed by atoms with van der Waals surface area (Å²) in [6.45, 7) is 7.71. The van der Waals surface area contributed by atoms with Gasteiger partial charge in [0, 0.05) is 12.3 Å². The molecule has 1 amide bonds. The number of aliphatic hydroxyl groups excluding tert-OH is 1. The number of benzene rings is 1. The van der Waals surface area contributed by atoms with Gasteiger partial charge in [-0.3, -0.25) is 9.00 Å². The van der Waals surface area contributed by atoms with Gasteiger partial charge in [0.15, 0.2) is 0 Å². The van der Waals surface area contributed by atoms with Crippen molar-refractivity contribution in [1.29, 1.82) is 0 Å². The van der Waals surface area contributed by atoms with E-state index >= 15 is 0 Å². The maximum atomic E-state index is 12.2. The number of carbonyl (C=O) groups excluding carboxylic acids is 1. The van der Waals surface area contributed by atoms with Crippen LogP contribution in [0.15, 0.2) is 29.2 Å². The normalized spacial score (nSPS) is 14.7. The second-order valence-corrected chi connectivity index (χ2v) is 7.43. The van der Waals surface area contributed by atoms with E-state index < -0.39 is 16.9 Å². The topological polar surface area (TPSA) is 66.4 Å². The Morgan fingerprint density at radius 1 is 1.35 bits per heavy atom. The van der Waals surface area contributed by atoms with E-state index in [1.165, 1.54) is 0 Å². The summed E-state index contributed by atoms with van der Waals surface area (Å²) in [6.07, 6.45) is -0.629. The Labute approximate surface area is 123 Å². The van der Waals surface area contributed by atoms with Gasteiger partial charge >= 0.3 is 0 Å². The van der Waals surface area contributed by atoms with Crippen LogP contribution in [-0.4, -0.2) is 33.6 Å². The minimum atomic E-state index is -1.18. The lowest BCUT2D eigenvalue weighted by molar-refractivity contribution is 0.0586. The first kappa shape index (κ1) is 16.9. The van der Waals surface area contributed by atoms with Crippen LogP contribution in [0, 0.1) is 5.41 Å². The average Bonchev–Trinajstić information content (AvgIpc) is 2.42. The predicted octanol–water partition coefficient (Wildman–Crippen LogP) is 1.95. The van der Waals surface area contributed by atoms with Crippen LogP contribution in [0.1, 0.15) is 38.1 Å². The predicted molar refractivity (Wildman–Crippen MR) is 81.2 cm³/mol. The first-order chi connectivity index (χ1) is 9.27. The van der Waals surface area contributed by atoms with Crippen molar-refractivity contribution in [2.24, 2.45) is 5.41 Å². The molecular formula is C15H23NO3S. The van der Waals surface area contributed by atoms with Crippen molar-refractivity contribution in [3.8, 4) is 0 Å². The summed E-state index contributed by atoms with van der Waals surface area (Å²) in [5.74, 6) is 0.167. The Morgan fingerprint density at radius 3 is 2.50 bits per heavy atom. The van der Waals surface area contributed by atoms with Gasteiger partial charge in [0.1, 0.15) is 0 Å². The molecule has 1 aromatic rings. The van der Waals surface area contributed by atoms with Crippen LogP contribution in [0.4, 0.5) is 0 Å². The highest BCUT2D eigenvalue weighted by atomic mass is 32.2. The molecular weight excluding hydrogens is 274 g/mol. The van der Waals surface area contributed by atoms with Crippen LogP contribution < -0.4 is 5.32 Å². The van der Waals surface area contributed by atoms with Crippen molar-refractivity contribution in [2.75, 3.05) is 12.3 Å². The van der Waals surface area contributed by atoms with Crippen LogP contribution in [0.2, 0.25) is 0 Å². The van der Waals surface area contributed by atoms with Gasteiger partial charge in [0.2, 0.25) is 0 Å². The summed E-state index contributed by atoms with van der Waals surface area (Å²) >= 11 is 0. The molecule has 0 aromatic heterocycles. The summed E-state index contributed by atoms with van der Waals surface area (Å²) in [4.78, 5) is 12.7. The van der Waals surface area contributed by atoms with Crippen molar-refractivity contribution < 1.29 is 14.1 Å². The summed E-state index contributed by atoms with van der Waals surface area (Å²) in [5.41, 5.74) is 0.118. The first-order valence-corrected chi connectivity index (χ1v) is 8.03. The van der Waals surface area contributed by atoms with Gasteiger partial charge in [-0.1, -0.05) is 39.8 Å². The van der Waals surface area contributed by atoms with Crippen LogP contribution in [0.5, 0.6) is 0 Å². The molecule has 2 N–H and O–H groups in total. The van der Waals surface area contributed by atoms with Gasteiger partial charge in [-0.05, 0) is 17.5 Å². The molecule has 4 nitrogen and oxygen atoms in total. The van der Waals surface area contributed by atoms with Crippen LogP contribution in [-0.2, 0) is 10.8 Å². The van der Waals surface area contributed by atoms with Gasteiger partial charge in [-0.25, -0.2) is 0 Å². The van der Waals surface area contributed by atoms with E-state index in [1.54, 1.807) is 24.3 Å². The Bertz CT molecular complexity index is 494. The van der Waals surface area contributed by atoms with Crippen LogP contribution in [0.25, 0.3) is 0 Å². The third-order valence-electron chi connectivity index (χ3n) is 3.09. The van der Waals surface area contributed by atoms with E-state index in [-0.39, 0.29) is 17.9 Å². The minimum Gasteiger partial charge on any atom is -0.391 e. The molecule has 1 rings (SSSR count). The molecule has 0 heterocycles. The molecule has 0 radical (unpaired) electrons. The van der Waals surface area contributed by atoms with Gasteiger partial charge in [0.05, 0.1) is 27.4 Å². The van der Waals surface area contributed by atoms with E-state index in [2.05, 4.69) is 5.32 Å². The number of rotatable bonds is 5. The standard InChI is InChI=1S/C15H23NO3S/c1-5-20(19)12-9-7-6-8-11(12)14(18)16-10-13(17)15(2,3)4/h6-9,13,17H,5,10H2,1-4H3,(H,16,18). The lowest BCUT2D eigenvalue weighted by Crippen LogP contribution is -2.39. The van der Waals surface area contributed by atoms with E-state index in [0.717, 1.165) is 0 Å². The van der Waals surface area contributed by atoms with Gasteiger partial charge in [-0.2, -0.15) is 0 Å². The molecule has 0 aliphatic rings. The molecule has 2 atom stereocenters. The quantitative estimate of drug-likeness (QED) is 0.873. The van der Waals surface area contributed by atoms with E-state index in [9.17, 15) is 14.1 Å². The number of carbonyl (C=O) groups is 1.